The van der Waals surface area contributed by atoms with Crippen molar-refractivity contribution in [2.75, 3.05) is 31.7 Å². The smallest absolute Gasteiger partial charge is 0.265 e. The highest BCUT2D eigenvalue weighted by molar-refractivity contribution is 5.94. The monoisotopic (exact) mass is 272 g/mol. The van der Waals surface area contributed by atoms with E-state index in [-0.39, 0.29) is 5.56 Å². The van der Waals surface area contributed by atoms with E-state index in [2.05, 4.69) is 5.43 Å². The predicted octanol–water partition coefficient (Wildman–Crippen LogP) is 0.227. The molecule has 1 aromatic carbocycles. The lowest BCUT2D eigenvalue weighted by molar-refractivity contribution is 0.0126. The third-order valence-electron chi connectivity index (χ3n) is 2.72. The van der Waals surface area contributed by atoms with Crippen LogP contribution < -0.4 is 16.7 Å². The first kappa shape index (κ1) is 13.7. The molecule has 0 aromatic heterocycles. The molecule has 1 amide bonds. The summed E-state index contributed by atoms with van der Waals surface area (Å²) in [5, 5.41) is 1.64. The van der Waals surface area contributed by atoms with Gasteiger partial charge in [0.15, 0.2) is 11.6 Å². The van der Waals surface area contributed by atoms with Gasteiger partial charge in [-0.3, -0.25) is 16.1 Å². The minimum absolute atomic E-state index is 0.111. The molecule has 19 heavy (non-hydrogen) atoms. The lowest BCUT2D eigenvalue weighted by atomic mass is 10.2. The number of anilines is 1. The Hall–Kier alpha value is -1.77. The number of rotatable bonds is 3. The number of hydrogen-bond acceptors (Lipinski definition) is 5. The molecule has 0 radical (unpaired) electrons. The van der Waals surface area contributed by atoms with Gasteiger partial charge < -0.3 is 10.2 Å². The molecule has 0 bridgehead atoms. The number of nitrogens with two attached hydrogens (primary N) is 1. The average molecular weight is 272 g/mol. The SMILES string of the molecule is NNc1c(F)cc(C(=O)NN2CCOCC2)cc1F. The molecule has 0 unspecified atom stereocenters. The van der Waals surface area contributed by atoms with Crippen molar-refractivity contribution < 1.29 is 18.3 Å². The maximum atomic E-state index is 13.5. The zero-order chi connectivity index (χ0) is 13.8. The Bertz CT molecular complexity index is 455. The summed E-state index contributed by atoms with van der Waals surface area (Å²) in [5.41, 5.74) is 3.88. The van der Waals surface area contributed by atoms with Crippen LogP contribution in [0.3, 0.4) is 0 Å². The van der Waals surface area contributed by atoms with Crippen LogP contribution in [-0.4, -0.2) is 37.2 Å². The summed E-state index contributed by atoms with van der Waals surface area (Å²) >= 11 is 0. The predicted molar refractivity (Wildman–Crippen MR) is 64.0 cm³/mol. The molecule has 0 spiro atoms. The lowest BCUT2D eigenvalue weighted by Crippen LogP contribution is -2.48. The highest BCUT2D eigenvalue weighted by atomic mass is 19.1. The van der Waals surface area contributed by atoms with Gasteiger partial charge in [-0.1, -0.05) is 0 Å². The van der Waals surface area contributed by atoms with Gasteiger partial charge in [0.25, 0.3) is 5.91 Å². The molecule has 6 nitrogen and oxygen atoms in total. The van der Waals surface area contributed by atoms with Gasteiger partial charge in [0.1, 0.15) is 5.69 Å². The minimum Gasteiger partial charge on any atom is -0.379 e. The fourth-order valence-electron chi connectivity index (χ4n) is 1.73. The van der Waals surface area contributed by atoms with Crippen molar-refractivity contribution in [2.24, 2.45) is 5.84 Å². The molecule has 1 fully saturated rings. The summed E-state index contributed by atoms with van der Waals surface area (Å²) in [6.45, 7) is 2.05. The maximum absolute atomic E-state index is 13.5. The van der Waals surface area contributed by atoms with Crippen molar-refractivity contribution in [3.63, 3.8) is 0 Å². The standard InChI is InChI=1S/C11H14F2N4O2/c12-8-5-7(6-9(13)10(8)15-14)11(18)16-17-1-3-19-4-2-17/h5-6,15H,1-4,14H2,(H,16,18). The average Bonchev–Trinajstić information content (AvgIpc) is 2.39. The molecule has 104 valence electrons. The van der Waals surface area contributed by atoms with Crippen molar-refractivity contribution in [2.45, 2.75) is 0 Å². The quantitative estimate of drug-likeness (QED) is 0.542. The zero-order valence-electron chi connectivity index (χ0n) is 10.1. The van der Waals surface area contributed by atoms with Crippen LogP contribution in [0.5, 0.6) is 0 Å². The summed E-state index contributed by atoms with van der Waals surface area (Å²) in [4.78, 5) is 11.8. The summed E-state index contributed by atoms with van der Waals surface area (Å²) in [6.07, 6.45) is 0. The molecular weight excluding hydrogens is 258 g/mol. The third kappa shape index (κ3) is 3.16. The van der Waals surface area contributed by atoms with Crippen molar-refractivity contribution in [3.05, 3.63) is 29.3 Å². The van der Waals surface area contributed by atoms with Crippen LogP contribution in [0.25, 0.3) is 0 Å². The third-order valence-corrected chi connectivity index (χ3v) is 2.72. The Balaban J connectivity index is 2.10. The molecular formula is C11H14F2N4O2. The van der Waals surface area contributed by atoms with E-state index < -0.39 is 23.2 Å². The molecule has 1 heterocycles. The molecule has 1 aromatic rings. The van der Waals surface area contributed by atoms with Gasteiger partial charge in [0.2, 0.25) is 0 Å². The van der Waals surface area contributed by atoms with Crippen LogP contribution in [0, 0.1) is 11.6 Å². The Morgan fingerprint density at radius 2 is 1.84 bits per heavy atom. The van der Waals surface area contributed by atoms with Crippen LogP contribution in [0.4, 0.5) is 14.5 Å². The number of benzene rings is 1. The van der Waals surface area contributed by atoms with Crippen molar-refractivity contribution in [1.29, 1.82) is 0 Å². The first-order chi connectivity index (χ1) is 9.11. The Morgan fingerprint density at radius 3 is 2.37 bits per heavy atom. The fraction of sp³-hybridized carbons (Fsp3) is 0.364. The number of hydrogen-bond donors (Lipinski definition) is 3. The van der Waals surface area contributed by atoms with Gasteiger partial charge in [-0.2, -0.15) is 0 Å². The number of morpholine rings is 1. The number of carbonyl (C=O) groups is 1. The number of nitrogens with zero attached hydrogens (tertiary/aromatic N) is 1. The molecule has 0 atom stereocenters. The van der Waals surface area contributed by atoms with E-state index >= 15 is 0 Å². The van der Waals surface area contributed by atoms with E-state index in [1.807, 2.05) is 5.43 Å². The number of halogens is 2. The molecule has 0 saturated carbocycles. The molecule has 1 aliphatic rings. The molecule has 4 N–H and O–H groups in total. The number of nitrogen functional groups attached to an aromatic ring is 1. The summed E-state index contributed by atoms with van der Waals surface area (Å²) in [7, 11) is 0. The van der Waals surface area contributed by atoms with Crippen LogP contribution in [-0.2, 0) is 4.74 Å². The summed E-state index contributed by atoms with van der Waals surface area (Å²) in [6, 6.07) is 1.85. The summed E-state index contributed by atoms with van der Waals surface area (Å²) in [5.74, 6) is 2.55. The van der Waals surface area contributed by atoms with E-state index in [1.165, 1.54) is 0 Å². The Labute approximate surface area is 108 Å². The first-order valence-corrected chi connectivity index (χ1v) is 5.71. The number of amides is 1. The van der Waals surface area contributed by atoms with E-state index in [0.717, 1.165) is 12.1 Å². The molecule has 8 heteroatoms. The van der Waals surface area contributed by atoms with Gasteiger partial charge in [-0.05, 0) is 12.1 Å². The van der Waals surface area contributed by atoms with Gasteiger partial charge in [0.05, 0.1) is 13.2 Å². The number of ether oxygens (including phenoxy) is 1. The maximum Gasteiger partial charge on any atom is 0.265 e. The Morgan fingerprint density at radius 1 is 1.26 bits per heavy atom. The molecule has 1 aliphatic heterocycles. The highest BCUT2D eigenvalue weighted by Crippen LogP contribution is 2.19. The number of nitrogens with one attached hydrogen (secondary N) is 2. The van der Waals surface area contributed by atoms with Gasteiger partial charge in [-0.25, -0.2) is 13.8 Å². The van der Waals surface area contributed by atoms with E-state index in [4.69, 9.17) is 10.6 Å². The van der Waals surface area contributed by atoms with Crippen molar-refractivity contribution >= 4 is 11.6 Å². The number of carbonyl (C=O) groups excluding carboxylic acids is 1. The normalized spacial score (nSPS) is 16.2. The first-order valence-electron chi connectivity index (χ1n) is 5.71. The van der Waals surface area contributed by atoms with Gasteiger partial charge >= 0.3 is 0 Å². The van der Waals surface area contributed by atoms with Crippen LogP contribution in [0.15, 0.2) is 12.1 Å². The summed E-state index contributed by atoms with van der Waals surface area (Å²) < 4.78 is 32.0. The van der Waals surface area contributed by atoms with Gasteiger partial charge in [-0.15, -0.1) is 0 Å². The van der Waals surface area contributed by atoms with E-state index in [1.54, 1.807) is 5.01 Å². The van der Waals surface area contributed by atoms with Crippen molar-refractivity contribution in [1.82, 2.24) is 10.4 Å². The fourth-order valence-corrected chi connectivity index (χ4v) is 1.73. The van der Waals surface area contributed by atoms with Crippen LogP contribution in [0.2, 0.25) is 0 Å². The van der Waals surface area contributed by atoms with Crippen molar-refractivity contribution in [3.8, 4) is 0 Å². The second kappa shape index (κ2) is 5.91. The highest BCUT2D eigenvalue weighted by Gasteiger charge is 2.17. The van der Waals surface area contributed by atoms with Gasteiger partial charge in [0, 0.05) is 18.7 Å². The minimum atomic E-state index is -0.922. The Kier molecular flexibility index (Phi) is 4.25. The molecule has 1 saturated heterocycles. The van der Waals surface area contributed by atoms with E-state index in [0.29, 0.717) is 26.3 Å². The second-order valence-corrected chi connectivity index (χ2v) is 4.00. The number of hydrazine groups is 2. The lowest BCUT2D eigenvalue weighted by Gasteiger charge is -2.26. The zero-order valence-corrected chi connectivity index (χ0v) is 10.1. The second-order valence-electron chi connectivity index (χ2n) is 4.00. The van der Waals surface area contributed by atoms with Crippen LogP contribution in [0.1, 0.15) is 10.4 Å². The molecule has 0 aliphatic carbocycles. The van der Waals surface area contributed by atoms with Crippen LogP contribution >= 0.6 is 0 Å². The topological polar surface area (TPSA) is 79.6 Å². The molecule has 2 rings (SSSR count). The van der Waals surface area contributed by atoms with E-state index in [9.17, 15) is 13.6 Å². The largest absolute Gasteiger partial charge is 0.379 e.